The summed E-state index contributed by atoms with van der Waals surface area (Å²) in [7, 11) is 0. The van der Waals surface area contributed by atoms with E-state index in [2.05, 4.69) is 39.9 Å². The summed E-state index contributed by atoms with van der Waals surface area (Å²) in [5, 5.41) is 3.49. The first-order chi connectivity index (χ1) is 7.06. The van der Waals surface area contributed by atoms with Gasteiger partial charge < -0.3 is 5.32 Å². The second kappa shape index (κ2) is 9.21. The molecule has 0 saturated heterocycles. The van der Waals surface area contributed by atoms with Crippen molar-refractivity contribution >= 4 is 0 Å². The maximum absolute atomic E-state index is 3.49. The van der Waals surface area contributed by atoms with Gasteiger partial charge in [0.15, 0.2) is 0 Å². The lowest BCUT2D eigenvalue weighted by Crippen LogP contribution is -2.23. The Morgan fingerprint density at radius 3 is 2.07 bits per heavy atom. The van der Waals surface area contributed by atoms with E-state index in [1.54, 1.807) is 0 Å². The number of hydrogen-bond acceptors (Lipinski definition) is 1. The zero-order chi connectivity index (χ0) is 11.7. The molecule has 15 heavy (non-hydrogen) atoms. The van der Waals surface area contributed by atoms with Crippen molar-refractivity contribution in [1.29, 1.82) is 0 Å². The molecule has 0 amide bonds. The van der Waals surface area contributed by atoms with Gasteiger partial charge in [0.2, 0.25) is 0 Å². The van der Waals surface area contributed by atoms with E-state index in [0.29, 0.717) is 0 Å². The predicted molar refractivity (Wildman–Crippen MR) is 70.2 cm³/mol. The maximum atomic E-state index is 3.49. The molecule has 0 rings (SSSR count). The van der Waals surface area contributed by atoms with Crippen molar-refractivity contribution < 1.29 is 0 Å². The lowest BCUT2D eigenvalue weighted by Gasteiger charge is -2.19. The highest BCUT2D eigenvalue weighted by Crippen LogP contribution is 2.19. The minimum Gasteiger partial charge on any atom is -0.317 e. The number of nitrogens with one attached hydrogen (secondary N) is 1. The number of rotatable bonds is 9. The van der Waals surface area contributed by atoms with Crippen molar-refractivity contribution in [1.82, 2.24) is 5.32 Å². The largest absolute Gasteiger partial charge is 0.317 e. The average molecular weight is 213 g/mol. The van der Waals surface area contributed by atoms with E-state index < -0.39 is 0 Å². The molecule has 0 radical (unpaired) electrons. The van der Waals surface area contributed by atoms with E-state index in [1.807, 2.05) is 0 Å². The summed E-state index contributed by atoms with van der Waals surface area (Å²) in [6.07, 6.45) is 5.58. The van der Waals surface area contributed by atoms with E-state index in [9.17, 15) is 0 Å². The molecular weight excluding hydrogens is 182 g/mol. The van der Waals surface area contributed by atoms with Crippen LogP contribution in [0.1, 0.15) is 60.3 Å². The molecule has 1 unspecified atom stereocenters. The lowest BCUT2D eigenvalue weighted by atomic mass is 9.91. The van der Waals surface area contributed by atoms with Crippen molar-refractivity contribution in [2.45, 2.75) is 60.3 Å². The summed E-state index contributed by atoms with van der Waals surface area (Å²) in [5.41, 5.74) is 0. The zero-order valence-electron chi connectivity index (χ0n) is 11.5. The fraction of sp³-hybridized carbons (Fsp3) is 1.00. The van der Waals surface area contributed by atoms with E-state index in [4.69, 9.17) is 0 Å². The smallest absolute Gasteiger partial charge is 0.00205 e. The van der Waals surface area contributed by atoms with Crippen LogP contribution in [0, 0.1) is 17.8 Å². The zero-order valence-corrected chi connectivity index (χ0v) is 11.5. The van der Waals surface area contributed by atoms with Crippen LogP contribution in [-0.4, -0.2) is 13.1 Å². The van der Waals surface area contributed by atoms with Gasteiger partial charge in [-0.3, -0.25) is 0 Å². The highest BCUT2D eigenvalue weighted by Gasteiger charge is 2.10. The van der Waals surface area contributed by atoms with Crippen LogP contribution in [-0.2, 0) is 0 Å². The number of hydrogen-bond donors (Lipinski definition) is 1. The third-order valence-electron chi connectivity index (χ3n) is 2.88. The van der Waals surface area contributed by atoms with Crippen LogP contribution in [0.15, 0.2) is 0 Å². The summed E-state index contributed by atoms with van der Waals surface area (Å²) in [6.45, 7) is 13.8. The van der Waals surface area contributed by atoms with E-state index in [1.165, 1.54) is 32.2 Å². The Kier molecular flexibility index (Phi) is 9.18. The normalized spacial score (nSPS) is 13.8. The molecule has 1 atom stereocenters. The van der Waals surface area contributed by atoms with Gasteiger partial charge in [-0.05, 0) is 43.7 Å². The Balaban J connectivity index is 3.69. The van der Waals surface area contributed by atoms with Gasteiger partial charge in [-0.15, -0.1) is 0 Å². The molecule has 0 fully saturated rings. The van der Waals surface area contributed by atoms with Crippen molar-refractivity contribution in [3.63, 3.8) is 0 Å². The van der Waals surface area contributed by atoms with Crippen LogP contribution in [0.2, 0.25) is 0 Å². The molecule has 0 aliphatic rings. The minimum atomic E-state index is 0.840. The molecule has 92 valence electrons. The first-order valence-corrected chi connectivity index (χ1v) is 6.76. The van der Waals surface area contributed by atoms with E-state index in [-0.39, 0.29) is 0 Å². The third kappa shape index (κ3) is 10.2. The van der Waals surface area contributed by atoms with Crippen LogP contribution >= 0.6 is 0 Å². The van der Waals surface area contributed by atoms with Gasteiger partial charge in [0, 0.05) is 0 Å². The molecule has 1 nitrogen and oxygen atoms in total. The fourth-order valence-corrected chi connectivity index (χ4v) is 2.13. The van der Waals surface area contributed by atoms with Gasteiger partial charge >= 0.3 is 0 Å². The van der Waals surface area contributed by atoms with Crippen molar-refractivity contribution in [3.8, 4) is 0 Å². The Labute approximate surface area is 97.0 Å². The van der Waals surface area contributed by atoms with Crippen LogP contribution in [0.4, 0.5) is 0 Å². The highest BCUT2D eigenvalue weighted by atomic mass is 14.8. The van der Waals surface area contributed by atoms with Gasteiger partial charge in [-0.1, -0.05) is 47.5 Å². The summed E-state index contributed by atoms with van der Waals surface area (Å²) in [6, 6.07) is 0. The first-order valence-electron chi connectivity index (χ1n) is 6.76. The quantitative estimate of drug-likeness (QED) is 0.608. The van der Waals surface area contributed by atoms with Crippen LogP contribution in [0.5, 0.6) is 0 Å². The molecule has 0 saturated carbocycles. The fourth-order valence-electron chi connectivity index (χ4n) is 2.13. The molecule has 0 aromatic carbocycles. The lowest BCUT2D eigenvalue weighted by molar-refractivity contribution is 0.350. The summed E-state index contributed by atoms with van der Waals surface area (Å²) >= 11 is 0. The Bertz CT molecular complexity index is 129. The molecule has 0 aliphatic carbocycles. The van der Waals surface area contributed by atoms with Crippen molar-refractivity contribution in [3.05, 3.63) is 0 Å². The standard InChI is InChI=1S/C14H31N/c1-6-15-11-14(10-13(4)5)9-7-8-12(2)3/h12-15H,6-11H2,1-5H3. The van der Waals surface area contributed by atoms with E-state index in [0.717, 1.165) is 24.3 Å². The Morgan fingerprint density at radius 1 is 0.933 bits per heavy atom. The third-order valence-corrected chi connectivity index (χ3v) is 2.88. The predicted octanol–water partition coefficient (Wildman–Crippen LogP) is 4.08. The van der Waals surface area contributed by atoms with Gasteiger partial charge in [0.25, 0.3) is 0 Å². The SMILES string of the molecule is CCNCC(CCCC(C)C)CC(C)C. The van der Waals surface area contributed by atoms with Crippen molar-refractivity contribution in [2.24, 2.45) is 17.8 Å². The first kappa shape index (κ1) is 15.0. The second-order valence-electron chi connectivity index (χ2n) is 5.63. The summed E-state index contributed by atoms with van der Waals surface area (Å²) in [5.74, 6) is 2.60. The van der Waals surface area contributed by atoms with Crippen LogP contribution < -0.4 is 5.32 Å². The minimum absolute atomic E-state index is 0.840. The van der Waals surface area contributed by atoms with Crippen molar-refractivity contribution in [2.75, 3.05) is 13.1 Å². The molecule has 0 aromatic rings. The van der Waals surface area contributed by atoms with E-state index >= 15 is 0 Å². The molecule has 0 spiro atoms. The van der Waals surface area contributed by atoms with Gasteiger partial charge in [0.05, 0.1) is 0 Å². The van der Waals surface area contributed by atoms with Gasteiger partial charge in [0.1, 0.15) is 0 Å². The summed E-state index contributed by atoms with van der Waals surface area (Å²) in [4.78, 5) is 0. The monoisotopic (exact) mass is 213 g/mol. The molecule has 0 aromatic heterocycles. The topological polar surface area (TPSA) is 12.0 Å². The van der Waals surface area contributed by atoms with Gasteiger partial charge in [-0.2, -0.15) is 0 Å². The molecular formula is C14H31N. The summed E-state index contributed by atoms with van der Waals surface area (Å²) < 4.78 is 0. The highest BCUT2D eigenvalue weighted by molar-refractivity contribution is 4.65. The average Bonchev–Trinajstić information content (AvgIpc) is 2.12. The molecule has 1 heteroatoms. The molecule has 1 N–H and O–H groups in total. The molecule has 0 aliphatic heterocycles. The molecule has 0 heterocycles. The maximum Gasteiger partial charge on any atom is -0.00205 e. The Hall–Kier alpha value is -0.0400. The van der Waals surface area contributed by atoms with Gasteiger partial charge in [-0.25, -0.2) is 0 Å². The van der Waals surface area contributed by atoms with Crippen LogP contribution in [0.25, 0.3) is 0 Å². The second-order valence-corrected chi connectivity index (χ2v) is 5.63. The Morgan fingerprint density at radius 2 is 1.60 bits per heavy atom. The molecule has 0 bridgehead atoms. The van der Waals surface area contributed by atoms with Crippen LogP contribution in [0.3, 0.4) is 0 Å².